The first-order chi connectivity index (χ1) is 10.4. The van der Waals surface area contributed by atoms with Gasteiger partial charge >= 0.3 is 5.69 Å². The van der Waals surface area contributed by atoms with Crippen LogP contribution in [0, 0.1) is 4.91 Å². The van der Waals surface area contributed by atoms with Crippen LogP contribution in [-0.4, -0.2) is 26.2 Å². The van der Waals surface area contributed by atoms with Gasteiger partial charge in [-0.2, -0.15) is 5.06 Å². The van der Waals surface area contributed by atoms with Crippen molar-refractivity contribution in [1.82, 2.24) is 9.97 Å². The van der Waals surface area contributed by atoms with Crippen LogP contribution in [0.3, 0.4) is 0 Å². The van der Waals surface area contributed by atoms with Crippen LogP contribution < -0.4 is 16.3 Å². The maximum atomic E-state index is 10.6. The van der Waals surface area contributed by atoms with E-state index in [2.05, 4.69) is 5.18 Å². The van der Waals surface area contributed by atoms with E-state index < -0.39 is 28.7 Å². The number of para-hydroxylation sites is 1. The third kappa shape index (κ3) is 4.38. The predicted molar refractivity (Wildman–Crippen MR) is 76.2 cm³/mol. The third-order valence-corrected chi connectivity index (χ3v) is 2.29. The monoisotopic (exact) mass is 308 g/mol. The lowest BCUT2D eigenvalue weighted by molar-refractivity contribution is -0.121. The number of nitrogens with one attached hydrogen (secondary N) is 2. The van der Waals surface area contributed by atoms with Crippen LogP contribution in [0.2, 0.25) is 0 Å². The fourth-order valence-electron chi connectivity index (χ4n) is 1.30. The molecule has 0 saturated heterocycles. The SMILES string of the molecule is CC(=O)N(O)c1ccccc1.O=Nc1c(O)[nH]c(=O)[nH]c1=O. The zero-order valence-electron chi connectivity index (χ0n) is 11.3. The molecule has 0 bridgehead atoms. The van der Waals surface area contributed by atoms with Crippen LogP contribution in [0.5, 0.6) is 5.88 Å². The van der Waals surface area contributed by atoms with Gasteiger partial charge in [-0.15, -0.1) is 4.91 Å². The number of carbonyl (C=O) groups excluding carboxylic acids is 1. The molecular formula is C12H12N4O6. The molecule has 0 spiro atoms. The third-order valence-electron chi connectivity index (χ3n) is 2.29. The van der Waals surface area contributed by atoms with Gasteiger partial charge in [0.25, 0.3) is 5.56 Å². The highest BCUT2D eigenvalue weighted by molar-refractivity contribution is 5.88. The second-order valence-electron chi connectivity index (χ2n) is 3.86. The quantitative estimate of drug-likeness (QED) is 0.361. The zero-order valence-corrected chi connectivity index (χ0v) is 11.3. The number of nitrogens with zero attached hydrogens (tertiary/aromatic N) is 2. The summed E-state index contributed by atoms with van der Waals surface area (Å²) in [6.07, 6.45) is 0. The Bertz CT molecular complexity index is 767. The van der Waals surface area contributed by atoms with Crippen LogP contribution in [0.1, 0.15) is 6.92 Å². The summed E-state index contributed by atoms with van der Waals surface area (Å²) in [5, 5.41) is 20.6. The van der Waals surface area contributed by atoms with Crippen molar-refractivity contribution in [2.45, 2.75) is 6.92 Å². The number of H-pyrrole nitrogens is 2. The van der Waals surface area contributed by atoms with Crippen molar-refractivity contribution in [3.63, 3.8) is 0 Å². The van der Waals surface area contributed by atoms with Crippen LogP contribution in [0.25, 0.3) is 0 Å². The smallest absolute Gasteiger partial charge is 0.328 e. The minimum absolute atomic E-state index is 0.392. The van der Waals surface area contributed by atoms with E-state index in [0.29, 0.717) is 10.8 Å². The minimum atomic E-state index is -1.01. The molecular weight excluding hydrogens is 296 g/mol. The highest BCUT2D eigenvalue weighted by Crippen LogP contribution is 2.13. The number of aromatic amines is 2. The number of rotatable bonds is 2. The van der Waals surface area contributed by atoms with Gasteiger partial charge in [0.05, 0.1) is 5.69 Å². The van der Waals surface area contributed by atoms with Crippen LogP contribution in [0.4, 0.5) is 11.4 Å². The van der Waals surface area contributed by atoms with Gasteiger partial charge in [0.15, 0.2) is 0 Å². The topological polar surface area (TPSA) is 156 Å². The van der Waals surface area contributed by atoms with Gasteiger partial charge in [-0.1, -0.05) is 18.2 Å². The highest BCUT2D eigenvalue weighted by Gasteiger charge is 2.07. The maximum Gasteiger partial charge on any atom is 0.328 e. The van der Waals surface area contributed by atoms with E-state index in [1.54, 1.807) is 34.2 Å². The summed E-state index contributed by atoms with van der Waals surface area (Å²) in [6, 6.07) is 8.63. The molecule has 10 heteroatoms. The standard InChI is InChI=1S/C8H9NO2.C4H3N3O4/c1-7(10)9(11)8-5-3-2-4-6-8;8-2-1(7-11)3(9)6-4(10)5-2/h2-6,11H,1H3;(H3,5,6,8,9,10). The molecule has 0 aliphatic rings. The molecule has 1 amide bonds. The molecule has 0 unspecified atom stereocenters. The van der Waals surface area contributed by atoms with Crippen molar-refractivity contribution >= 4 is 17.3 Å². The number of nitroso groups, excluding NO2 is 1. The second kappa shape index (κ2) is 7.50. The first kappa shape index (κ1) is 16.8. The molecule has 4 N–H and O–H groups in total. The molecule has 22 heavy (non-hydrogen) atoms. The lowest BCUT2D eigenvalue weighted by Gasteiger charge is -2.11. The molecule has 0 fully saturated rings. The number of benzene rings is 1. The van der Waals surface area contributed by atoms with Crippen molar-refractivity contribution in [3.8, 4) is 5.88 Å². The summed E-state index contributed by atoms with van der Waals surface area (Å²) in [4.78, 5) is 44.8. The Hall–Kier alpha value is -3.27. The lowest BCUT2D eigenvalue weighted by Crippen LogP contribution is -2.23. The van der Waals surface area contributed by atoms with Crippen molar-refractivity contribution in [1.29, 1.82) is 0 Å². The van der Waals surface area contributed by atoms with E-state index in [1.807, 2.05) is 6.07 Å². The second-order valence-corrected chi connectivity index (χ2v) is 3.86. The minimum Gasteiger partial charge on any atom is -0.493 e. The molecule has 1 aromatic heterocycles. The van der Waals surface area contributed by atoms with Crippen molar-refractivity contribution in [2.75, 3.05) is 5.06 Å². The molecule has 0 saturated carbocycles. The number of aromatic hydroxyl groups is 1. The van der Waals surface area contributed by atoms with Crippen molar-refractivity contribution < 1.29 is 15.1 Å². The molecule has 0 radical (unpaired) electrons. The molecule has 116 valence electrons. The molecule has 10 nitrogen and oxygen atoms in total. The molecule has 2 rings (SSSR count). The summed E-state index contributed by atoms with van der Waals surface area (Å²) < 4.78 is 0. The maximum absolute atomic E-state index is 10.6. The number of carbonyl (C=O) groups is 1. The molecule has 2 aromatic rings. The van der Waals surface area contributed by atoms with E-state index >= 15 is 0 Å². The van der Waals surface area contributed by atoms with E-state index in [1.165, 1.54) is 6.92 Å². The average Bonchev–Trinajstić information content (AvgIpc) is 2.47. The van der Waals surface area contributed by atoms with E-state index in [0.717, 1.165) is 0 Å². The zero-order chi connectivity index (χ0) is 16.7. The molecule has 0 atom stereocenters. The van der Waals surface area contributed by atoms with Gasteiger partial charge in [-0.05, 0) is 17.3 Å². The number of hydrogen-bond donors (Lipinski definition) is 4. The van der Waals surface area contributed by atoms with E-state index in [-0.39, 0.29) is 0 Å². The van der Waals surface area contributed by atoms with E-state index in [4.69, 9.17) is 10.3 Å². The number of anilines is 1. The van der Waals surface area contributed by atoms with Gasteiger partial charge in [0.1, 0.15) is 0 Å². The first-order valence-electron chi connectivity index (χ1n) is 5.80. The summed E-state index contributed by atoms with van der Waals surface area (Å²) >= 11 is 0. The van der Waals surface area contributed by atoms with Crippen LogP contribution in [-0.2, 0) is 4.79 Å². The molecule has 0 aliphatic heterocycles. The van der Waals surface area contributed by atoms with E-state index in [9.17, 15) is 19.3 Å². The number of hydroxylamine groups is 1. The number of amides is 1. The lowest BCUT2D eigenvalue weighted by atomic mass is 10.3. The average molecular weight is 308 g/mol. The Kier molecular flexibility index (Phi) is 5.72. The van der Waals surface area contributed by atoms with Crippen LogP contribution in [0.15, 0.2) is 45.1 Å². The summed E-state index contributed by atoms with van der Waals surface area (Å²) in [5.74, 6) is -1.22. The highest BCUT2D eigenvalue weighted by atomic mass is 16.5. The number of aromatic nitrogens is 2. The van der Waals surface area contributed by atoms with Crippen molar-refractivity contribution in [3.05, 3.63) is 56.1 Å². The van der Waals surface area contributed by atoms with Gasteiger partial charge in [-0.25, -0.2) is 4.79 Å². The Labute approximate surface area is 122 Å². The fourth-order valence-corrected chi connectivity index (χ4v) is 1.30. The normalized spacial score (nSPS) is 9.36. The van der Waals surface area contributed by atoms with Gasteiger partial charge in [0, 0.05) is 6.92 Å². The predicted octanol–water partition coefficient (Wildman–Crippen LogP) is 0.595. The Morgan fingerprint density at radius 1 is 1.18 bits per heavy atom. The Morgan fingerprint density at radius 3 is 2.23 bits per heavy atom. The largest absolute Gasteiger partial charge is 0.493 e. The summed E-state index contributed by atoms with van der Waals surface area (Å²) in [6.45, 7) is 1.30. The molecule has 1 heterocycles. The van der Waals surface area contributed by atoms with Crippen LogP contribution >= 0.6 is 0 Å². The Balaban J connectivity index is 0.000000220. The fraction of sp³-hybridized carbons (Fsp3) is 0.0833. The van der Waals surface area contributed by atoms with Gasteiger partial charge in [0.2, 0.25) is 17.5 Å². The number of hydrogen-bond acceptors (Lipinski definition) is 7. The first-order valence-corrected chi connectivity index (χ1v) is 5.80. The molecule has 0 aliphatic carbocycles. The Morgan fingerprint density at radius 2 is 1.77 bits per heavy atom. The molecule has 1 aromatic carbocycles. The summed E-state index contributed by atoms with van der Waals surface area (Å²) in [5.41, 5.74) is -2.15. The van der Waals surface area contributed by atoms with Crippen molar-refractivity contribution in [2.24, 2.45) is 5.18 Å². The van der Waals surface area contributed by atoms with Gasteiger partial charge in [-0.3, -0.25) is 24.8 Å². The van der Waals surface area contributed by atoms with Gasteiger partial charge < -0.3 is 5.11 Å². The summed E-state index contributed by atoms with van der Waals surface area (Å²) in [7, 11) is 0.